The van der Waals surface area contributed by atoms with Crippen LogP contribution in [0.4, 0.5) is 10.2 Å². The topological polar surface area (TPSA) is 89.4 Å². The van der Waals surface area contributed by atoms with Crippen LogP contribution in [0.15, 0.2) is 71.3 Å². The Morgan fingerprint density at radius 3 is 2.57 bits per heavy atom. The van der Waals surface area contributed by atoms with Crippen molar-refractivity contribution < 1.29 is 18.4 Å². The minimum absolute atomic E-state index is 0.0342. The van der Waals surface area contributed by atoms with Gasteiger partial charge in [-0.15, -0.1) is 0 Å². The third kappa shape index (κ3) is 5.57. The van der Waals surface area contributed by atoms with Gasteiger partial charge in [0.15, 0.2) is 11.4 Å². The summed E-state index contributed by atoms with van der Waals surface area (Å²) in [4.78, 5) is 30.3. The van der Waals surface area contributed by atoms with Gasteiger partial charge < -0.3 is 15.1 Å². The predicted octanol–water partition coefficient (Wildman–Crippen LogP) is 6.13. The van der Waals surface area contributed by atoms with Crippen LogP contribution < -0.4 is 5.73 Å². The molecule has 1 aliphatic heterocycles. The molecule has 2 N–H and O–H groups in total. The number of alkyl halides is 1. The van der Waals surface area contributed by atoms with Crippen LogP contribution in [0.3, 0.4) is 0 Å². The molecule has 1 aliphatic rings. The lowest BCUT2D eigenvalue weighted by atomic mass is 9.97. The number of carbonyl (C=O) groups is 2. The SMILES string of the molecule is CC1(F)CN(C(=O)c2ccc(-c3cc(Cl)c4oc(CCC(=O)/C=C/c5ccc(N)nc5)cc4c3)cc2)C1. The Bertz CT molecular complexity index is 1500. The first-order valence-corrected chi connectivity index (χ1v) is 12.3. The fraction of sp³-hybridized carbons (Fsp3) is 0.207. The zero-order valence-electron chi connectivity index (χ0n) is 20.2. The summed E-state index contributed by atoms with van der Waals surface area (Å²) < 4.78 is 19.7. The maximum absolute atomic E-state index is 13.7. The number of hydrogen-bond donors (Lipinski definition) is 1. The Labute approximate surface area is 218 Å². The number of nitrogens with two attached hydrogens (primary N) is 1. The molecule has 0 radical (unpaired) electrons. The minimum atomic E-state index is -1.30. The van der Waals surface area contributed by atoms with Gasteiger partial charge in [0.1, 0.15) is 17.2 Å². The van der Waals surface area contributed by atoms with Crippen molar-refractivity contribution in [1.82, 2.24) is 9.88 Å². The number of nitrogens with zero attached hydrogens (tertiary/aromatic N) is 2. The number of halogens is 2. The average Bonchev–Trinajstić information content (AvgIpc) is 3.29. The van der Waals surface area contributed by atoms with Crippen LogP contribution in [0.1, 0.15) is 35.0 Å². The number of benzene rings is 2. The van der Waals surface area contributed by atoms with Gasteiger partial charge in [0.2, 0.25) is 0 Å². The molecule has 2 aromatic carbocycles. The van der Waals surface area contributed by atoms with Crippen LogP contribution in [0.25, 0.3) is 28.2 Å². The van der Waals surface area contributed by atoms with Gasteiger partial charge in [-0.25, -0.2) is 9.37 Å². The van der Waals surface area contributed by atoms with E-state index in [1.807, 2.05) is 30.3 Å². The summed E-state index contributed by atoms with van der Waals surface area (Å²) in [7, 11) is 0. The van der Waals surface area contributed by atoms with Gasteiger partial charge in [-0.3, -0.25) is 9.59 Å². The molecule has 5 rings (SSSR count). The summed E-state index contributed by atoms with van der Waals surface area (Å²) in [6.45, 7) is 1.73. The summed E-state index contributed by atoms with van der Waals surface area (Å²) in [5, 5.41) is 1.29. The Morgan fingerprint density at radius 2 is 1.89 bits per heavy atom. The highest BCUT2D eigenvalue weighted by Gasteiger charge is 2.41. The lowest BCUT2D eigenvalue weighted by molar-refractivity contribution is -0.114. The van der Waals surface area contributed by atoms with Crippen LogP contribution in [0, 0.1) is 0 Å². The van der Waals surface area contributed by atoms with Crippen molar-refractivity contribution in [2.24, 2.45) is 0 Å². The highest BCUT2D eigenvalue weighted by atomic mass is 35.5. The van der Waals surface area contributed by atoms with Crippen LogP contribution in [0.5, 0.6) is 0 Å². The molecule has 188 valence electrons. The van der Waals surface area contributed by atoms with Gasteiger partial charge in [0, 0.05) is 30.0 Å². The third-order valence-electron chi connectivity index (χ3n) is 6.30. The summed E-state index contributed by atoms with van der Waals surface area (Å²) in [6, 6.07) is 16.3. The first-order valence-electron chi connectivity index (χ1n) is 11.9. The molecule has 3 heterocycles. The third-order valence-corrected chi connectivity index (χ3v) is 6.58. The summed E-state index contributed by atoms with van der Waals surface area (Å²) in [5.41, 5.74) is 7.92. The van der Waals surface area contributed by atoms with Crippen LogP contribution >= 0.6 is 11.6 Å². The van der Waals surface area contributed by atoms with E-state index in [0.717, 1.165) is 22.1 Å². The van der Waals surface area contributed by atoms with Gasteiger partial charge in [-0.1, -0.05) is 23.7 Å². The van der Waals surface area contributed by atoms with Crippen molar-refractivity contribution in [2.75, 3.05) is 18.8 Å². The Balaban J connectivity index is 1.25. The first kappa shape index (κ1) is 24.7. The standard InChI is InChI=1S/C29H25ClFN3O3/c1-29(31)16-34(17-29)28(36)20-6-4-19(5-7-20)21-12-22-13-24(37-27(22)25(30)14-21)10-9-23(35)8-2-18-3-11-26(32)33-15-18/h2-8,11-15H,9-10,16-17H2,1H3,(H2,32,33)/b8-2+. The molecule has 37 heavy (non-hydrogen) atoms. The number of amides is 1. The van der Waals surface area contributed by atoms with Crippen molar-refractivity contribution in [3.05, 3.63) is 88.8 Å². The summed E-state index contributed by atoms with van der Waals surface area (Å²) in [6.07, 6.45) is 5.56. The van der Waals surface area contributed by atoms with E-state index in [9.17, 15) is 14.0 Å². The number of hydrogen-bond acceptors (Lipinski definition) is 5. The van der Waals surface area contributed by atoms with Gasteiger partial charge in [0.25, 0.3) is 5.91 Å². The molecule has 1 amide bonds. The van der Waals surface area contributed by atoms with Gasteiger partial charge in [0.05, 0.1) is 18.1 Å². The average molecular weight is 518 g/mol. The number of aryl methyl sites for hydroxylation is 1. The Hall–Kier alpha value is -3.97. The van der Waals surface area contributed by atoms with Crippen molar-refractivity contribution in [3.63, 3.8) is 0 Å². The van der Waals surface area contributed by atoms with Crippen LogP contribution in [-0.2, 0) is 11.2 Å². The van der Waals surface area contributed by atoms with Crippen molar-refractivity contribution >= 4 is 46.2 Å². The van der Waals surface area contributed by atoms with E-state index in [2.05, 4.69) is 4.98 Å². The zero-order chi connectivity index (χ0) is 26.2. The Kier molecular flexibility index (Phi) is 6.56. The predicted molar refractivity (Wildman–Crippen MR) is 143 cm³/mol. The van der Waals surface area contributed by atoms with Crippen LogP contribution in [0.2, 0.25) is 5.02 Å². The fourth-order valence-electron chi connectivity index (χ4n) is 4.37. The van der Waals surface area contributed by atoms with E-state index in [-0.39, 0.29) is 31.2 Å². The monoisotopic (exact) mass is 517 g/mol. The second-order valence-corrected chi connectivity index (χ2v) is 9.96. The summed E-state index contributed by atoms with van der Waals surface area (Å²) >= 11 is 6.51. The minimum Gasteiger partial charge on any atom is -0.459 e. The molecule has 0 spiro atoms. The number of ketones is 1. The highest BCUT2D eigenvalue weighted by Crippen LogP contribution is 2.34. The molecule has 0 bridgehead atoms. The van der Waals surface area contributed by atoms with E-state index in [4.69, 9.17) is 21.8 Å². The Morgan fingerprint density at radius 1 is 1.14 bits per heavy atom. The lowest BCUT2D eigenvalue weighted by Crippen LogP contribution is -2.59. The molecule has 6 nitrogen and oxygen atoms in total. The molecule has 2 aromatic heterocycles. The molecule has 0 atom stereocenters. The molecule has 1 fully saturated rings. The number of pyridine rings is 1. The highest BCUT2D eigenvalue weighted by molar-refractivity contribution is 6.35. The molecule has 0 saturated carbocycles. The fourth-order valence-corrected chi connectivity index (χ4v) is 4.63. The van der Waals surface area contributed by atoms with Gasteiger partial charge in [-0.05, 0) is 78.2 Å². The van der Waals surface area contributed by atoms with Gasteiger partial charge in [-0.2, -0.15) is 0 Å². The first-order chi connectivity index (χ1) is 17.7. The number of allylic oxidation sites excluding steroid dienone is 1. The molecular weight excluding hydrogens is 493 g/mol. The normalized spacial score (nSPS) is 14.7. The van der Waals surface area contributed by atoms with E-state index in [1.54, 1.807) is 36.5 Å². The molecule has 8 heteroatoms. The second-order valence-electron chi connectivity index (χ2n) is 9.56. The quantitative estimate of drug-likeness (QED) is 0.298. The number of nitrogen functional groups attached to an aromatic ring is 1. The van der Waals surface area contributed by atoms with E-state index < -0.39 is 5.67 Å². The number of aromatic nitrogens is 1. The number of likely N-dealkylation sites (tertiary alicyclic amines) is 1. The lowest BCUT2D eigenvalue weighted by Gasteiger charge is -2.42. The van der Waals surface area contributed by atoms with E-state index >= 15 is 0 Å². The van der Waals surface area contributed by atoms with Crippen LogP contribution in [-0.4, -0.2) is 40.3 Å². The maximum Gasteiger partial charge on any atom is 0.254 e. The van der Waals surface area contributed by atoms with E-state index in [1.165, 1.54) is 17.9 Å². The van der Waals surface area contributed by atoms with E-state index in [0.29, 0.717) is 34.2 Å². The zero-order valence-corrected chi connectivity index (χ0v) is 21.0. The summed E-state index contributed by atoms with van der Waals surface area (Å²) in [5.74, 6) is 0.883. The number of fused-ring (bicyclic) bond motifs is 1. The molecule has 0 aliphatic carbocycles. The molecule has 4 aromatic rings. The molecule has 1 saturated heterocycles. The van der Waals surface area contributed by atoms with Crippen molar-refractivity contribution in [3.8, 4) is 11.1 Å². The molecular formula is C29H25ClFN3O3. The number of anilines is 1. The largest absolute Gasteiger partial charge is 0.459 e. The second kappa shape index (κ2) is 9.82. The van der Waals surface area contributed by atoms with Gasteiger partial charge >= 0.3 is 0 Å². The molecule has 0 unspecified atom stereocenters. The number of rotatable bonds is 7. The number of furan rings is 1. The maximum atomic E-state index is 13.7. The smallest absolute Gasteiger partial charge is 0.254 e. The van der Waals surface area contributed by atoms with Crippen molar-refractivity contribution in [1.29, 1.82) is 0 Å². The number of carbonyl (C=O) groups excluding carboxylic acids is 2. The van der Waals surface area contributed by atoms with Crippen molar-refractivity contribution in [2.45, 2.75) is 25.4 Å².